The summed E-state index contributed by atoms with van der Waals surface area (Å²) in [6.07, 6.45) is 3.31. The maximum Gasteiger partial charge on any atom is 0.255 e. The summed E-state index contributed by atoms with van der Waals surface area (Å²) in [7, 11) is 1.47. The highest BCUT2D eigenvalue weighted by Gasteiger charge is 2.12. The molecule has 0 saturated heterocycles. The van der Waals surface area contributed by atoms with Crippen molar-refractivity contribution in [3.05, 3.63) is 64.7 Å². The van der Waals surface area contributed by atoms with Gasteiger partial charge in [0.2, 0.25) is 0 Å². The number of hydrogen-bond acceptors (Lipinski definition) is 4. The first-order valence-electron chi connectivity index (χ1n) is 7.80. The third-order valence-electron chi connectivity index (χ3n) is 3.88. The number of carbonyl (C=O) groups excluding carboxylic acids is 2. The highest BCUT2D eigenvalue weighted by Crippen LogP contribution is 2.26. The molecular formula is C20H21NO4. The van der Waals surface area contributed by atoms with Gasteiger partial charge in [-0.05, 0) is 48.7 Å². The Balaban J connectivity index is 2.22. The number of aryl methyl sites for hydroxylation is 1. The topological polar surface area (TPSA) is 78.6 Å². The van der Waals surface area contributed by atoms with E-state index in [0.717, 1.165) is 11.1 Å². The number of primary amides is 1. The number of ether oxygens (including phenoxy) is 2. The van der Waals surface area contributed by atoms with Crippen LogP contribution in [0.2, 0.25) is 0 Å². The number of hydrogen-bond donors (Lipinski definition) is 1. The lowest BCUT2D eigenvalue weighted by Gasteiger charge is -2.09. The van der Waals surface area contributed by atoms with Gasteiger partial charge in [-0.25, -0.2) is 0 Å². The number of rotatable bonds is 7. The molecular weight excluding hydrogens is 318 g/mol. The number of benzene rings is 2. The monoisotopic (exact) mass is 339 g/mol. The molecule has 2 N–H and O–H groups in total. The van der Waals surface area contributed by atoms with Crippen molar-refractivity contribution in [1.29, 1.82) is 0 Å². The number of nitrogens with two attached hydrogens (primary N) is 1. The van der Waals surface area contributed by atoms with E-state index in [-0.39, 0.29) is 12.4 Å². The Morgan fingerprint density at radius 1 is 1.16 bits per heavy atom. The van der Waals surface area contributed by atoms with Crippen LogP contribution in [-0.4, -0.2) is 25.4 Å². The number of methoxy groups -OCH3 is 1. The minimum atomic E-state index is -0.574. The molecule has 0 aliphatic rings. The highest BCUT2D eigenvalue weighted by molar-refractivity contribution is 6.08. The van der Waals surface area contributed by atoms with E-state index in [1.807, 2.05) is 32.0 Å². The second kappa shape index (κ2) is 8.15. The first kappa shape index (κ1) is 18.3. The second-order valence-corrected chi connectivity index (χ2v) is 5.60. The van der Waals surface area contributed by atoms with Crippen LogP contribution in [0.15, 0.2) is 42.5 Å². The minimum absolute atomic E-state index is 0.181. The Labute approximate surface area is 147 Å². The highest BCUT2D eigenvalue weighted by atomic mass is 16.5. The summed E-state index contributed by atoms with van der Waals surface area (Å²) in [6.45, 7) is 3.82. The van der Waals surface area contributed by atoms with Gasteiger partial charge in [-0.15, -0.1) is 0 Å². The van der Waals surface area contributed by atoms with Gasteiger partial charge >= 0.3 is 0 Å². The molecule has 2 rings (SSSR count). The van der Waals surface area contributed by atoms with Crippen molar-refractivity contribution in [2.75, 3.05) is 13.7 Å². The standard InChI is InChI=1S/C20H21NO4/c1-13-5-4-6-15(14(13)2)7-10-18(22)17-9-8-16(11-19(17)24-3)25-12-20(21)23/h4-11H,12H2,1-3H3,(H2,21,23)/b10-7+. The van der Waals surface area contributed by atoms with Crippen molar-refractivity contribution in [2.45, 2.75) is 13.8 Å². The van der Waals surface area contributed by atoms with Crippen LogP contribution in [0.5, 0.6) is 11.5 Å². The molecule has 0 spiro atoms. The Morgan fingerprint density at radius 2 is 1.92 bits per heavy atom. The molecule has 0 aromatic heterocycles. The molecule has 0 aliphatic heterocycles. The van der Waals surface area contributed by atoms with Crippen LogP contribution in [0.4, 0.5) is 0 Å². The summed E-state index contributed by atoms with van der Waals surface area (Å²) < 4.78 is 10.5. The fourth-order valence-electron chi connectivity index (χ4n) is 2.33. The van der Waals surface area contributed by atoms with E-state index in [1.54, 1.807) is 24.3 Å². The zero-order valence-electron chi connectivity index (χ0n) is 14.5. The molecule has 2 aromatic carbocycles. The van der Waals surface area contributed by atoms with Crippen LogP contribution in [-0.2, 0) is 4.79 Å². The average molecular weight is 339 g/mol. The fraction of sp³-hybridized carbons (Fsp3) is 0.200. The van der Waals surface area contributed by atoms with Crippen LogP contribution >= 0.6 is 0 Å². The molecule has 25 heavy (non-hydrogen) atoms. The average Bonchev–Trinajstić information content (AvgIpc) is 2.60. The molecule has 0 heterocycles. The second-order valence-electron chi connectivity index (χ2n) is 5.60. The van der Waals surface area contributed by atoms with E-state index in [4.69, 9.17) is 15.2 Å². The first-order chi connectivity index (χ1) is 11.9. The molecule has 0 bridgehead atoms. The largest absolute Gasteiger partial charge is 0.496 e. The van der Waals surface area contributed by atoms with E-state index in [1.165, 1.54) is 18.7 Å². The van der Waals surface area contributed by atoms with Crippen LogP contribution in [0.25, 0.3) is 6.08 Å². The van der Waals surface area contributed by atoms with Gasteiger partial charge in [-0.2, -0.15) is 0 Å². The minimum Gasteiger partial charge on any atom is -0.496 e. The first-order valence-corrected chi connectivity index (χ1v) is 7.80. The van der Waals surface area contributed by atoms with Crippen LogP contribution in [0, 0.1) is 13.8 Å². The Bertz CT molecular complexity index is 824. The molecule has 1 amide bonds. The van der Waals surface area contributed by atoms with Crippen LogP contribution in [0.1, 0.15) is 27.0 Å². The van der Waals surface area contributed by atoms with Crippen molar-refractivity contribution >= 4 is 17.8 Å². The van der Waals surface area contributed by atoms with E-state index < -0.39 is 5.91 Å². The van der Waals surface area contributed by atoms with Gasteiger partial charge in [0.25, 0.3) is 5.91 Å². The molecule has 0 fully saturated rings. The zero-order valence-corrected chi connectivity index (χ0v) is 14.5. The number of amides is 1. The summed E-state index contributed by atoms with van der Waals surface area (Å²) in [4.78, 5) is 23.3. The summed E-state index contributed by atoms with van der Waals surface area (Å²) in [5.41, 5.74) is 8.76. The lowest BCUT2D eigenvalue weighted by atomic mass is 10.0. The molecule has 5 nitrogen and oxygen atoms in total. The SMILES string of the molecule is COc1cc(OCC(N)=O)ccc1C(=O)/C=C/c1cccc(C)c1C. The van der Waals surface area contributed by atoms with Crippen LogP contribution < -0.4 is 15.2 Å². The van der Waals surface area contributed by atoms with Crippen molar-refractivity contribution < 1.29 is 19.1 Å². The summed E-state index contributed by atoms with van der Waals surface area (Å²) in [6, 6.07) is 10.7. The molecule has 0 saturated carbocycles. The van der Waals surface area contributed by atoms with Gasteiger partial charge in [-0.1, -0.05) is 24.3 Å². The number of carbonyl (C=O) groups is 2. The van der Waals surface area contributed by atoms with E-state index in [0.29, 0.717) is 17.1 Å². The van der Waals surface area contributed by atoms with Gasteiger partial charge < -0.3 is 15.2 Å². The summed E-state index contributed by atoms with van der Waals surface area (Å²) in [5.74, 6) is 0.0260. The summed E-state index contributed by atoms with van der Waals surface area (Å²) in [5, 5.41) is 0. The number of ketones is 1. The maximum atomic E-state index is 12.5. The van der Waals surface area contributed by atoms with Crippen molar-refractivity contribution in [3.63, 3.8) is 0 Å². The fourth-order valence-corrected chi connectivity index (χ4v) is 2.33. The van der Waals surface area contributed by atoms with E-state index >= 15 is 0 Å². The molecule has 5 heteroatoms. The molecule has 0 unspecified atom stereocenters. The lowest BCUT2D eigenvalue weighted by Crippen LogP contribution is -2.20. The maximum absolute atomic E-state index is 12.5. The van der Waals surface area contributed by atoms with Gasteiger partial charge in [0.1, 0.15) is 11.5 Å². The predicted molar refractivity (Wildman–Crippen MR) is 97.0 cm³/mol. The Hall–Kier alpha value is -3.08. The molecule has 0 aliphatic carbocycles. The van der Waals surface area contributed by atoms with Crippen molar-refractivity contribution in [1.82, 2.24) is 0 Å². The van der Waals surface area contributed by atoms with Crippen molar-refractivity contribution in [2.24, 2.45) is 5.73 Å². The smallest absolute Gasteiger partial charge is 0.255 e. The van der Waals surface area contributed by atoms with Gasteiger partial charge in [-0.3, -0.25) is 9.59 Å². The normalized spacial score (nSPS) is 10.7. The van der Waals surface area contributed by atoms with Gasteiger partial charge in [0, 0.05) is 6.07 Å². The zero-order chi connectivity index (χ0) is 18.4. The van der Waals surface area contributed by atoms with Crippen LogP contribution in [0.3, 0.4) is 0 Å². The lowest BCUT2D eigenvalue weighted by molar-refractivity contribution is -0.119. The molecule has 0 atom stereocenters. The van der Waals surface area contributed by atoms with E-state index in [2.05, 4.69) is 0 Å². The quantitative estimate of drug-likeness (QED) is 0.621. The predicted octanol–water partition coefficient (Wildman–Crippen LogP) is 3.07. The molecule has 0 radical (unpaired) electrons. The third kappa shape index (κ3) is 4.70. The van der Waals surface area contributed by atoms with E-state index in [9.17, 15) is 9.59 Å². The summed E-state index contributed by atoms with van der Waals surface area (Å²) >= 11 is 0. The molecule has 2 aromatic rings. The molecule has 130 valence electrons. The van der Waals surface area contributed by atoms with Crippen molar-refractivity contribution in [3.8, 4) is 11.5 Å². The third-order valence-corrected chi connectivity index (χ3v) is 3.88. The Kier molecular flexibility index (Phi) is 5.95. The van der Waals surface area contributed by atoms with Gasteiger partial charge in [0.15, 0.2) is 12.4 Å². The van der Waals surface area contributed by atoms with Gasteiger partial charge in [0.05, 0.1) is 12.7 Å². The Morgan fingerprint density at radius 3 is 2.60 bits per heavy atom. The number of allylic oxidation sites excluding steroid dienone is 1.